The van der Waals surface area contributed by atoms with E-state index in [-0.39, 0.29) is 17.9 Å². The standard InChI is InChI=1S/C17H25ClN2O/c1-3-13(2)19-17(21)14-8-10-20(11-9-14)12-15-6-4-5-7-16(15)18/h4-7,13-14H,3,8-12H2,1-2H3,(H,19,21). The van der Waals surface area contributed by atoms with Gasteiger partial charge < -0.3 is 5.32 Å². The Morgan fingerprint density at radius 3 is 2.67 bits per heavy atom. The summed E-state index contributed by atoms with van der Waals surface area (Å²) in [5.41, 5.74) is 1.17. The molecule has 0 aliphatic carbocycles. The van der Waals surface area contributed by atoms with Crippen LogP contribution in [-0.4, -0.2) is 29.9 Å². The fourth-order valence-electron chi connectivity index (χ4n) is 2.68. The summed E-state index contributed by atoms with van der Waals surface area (Å²) in [6.07, 6.45) is 2.86. The highest BCUT2D eigenvalue weighted by molar-refractivity contribution is 6.31. The van der Waals surface area contributed by atoms with Crippen LogP contribution in [0.5, 0.6) is 0 Å². The maximum absolute atomic E-state index is 12.1. The Morgan fingerprint density at radius 1 is 1.38 bits per heavy atom. The average Bonchev–Trinajstić information content (AvgIpc) is 2.50. The molecule has 21 heavy (non-hydrogen) atoms. The summed E-state index contributed by atoms with van der Waals surface area (Å²) in [4.78, 5) is 14.5. The number of carbonyl (C=O) groups excluding carboxylic acids is 1. The highest BCUT2D eigenvalue weighted by Crippen LogP contribution is 2.22. The van der Waals surface area contributed by atoms with Gasteiger partial charge in [0.2, 0.25) is 5.91 Å². The van der Waals surface area contributed by atoms with Crippen LogP contribution in [0, 0.1) is 5.92 Å². The third-order valence-electron chi connectivity index (χ3n) is 4.31. The normalized spacial score (nSPS) is 18.4. The zero-order valence-corrected chi connectivity index (χ0v) is 13.7. The van der Waals surface area contributed by atoms with Gasteiger partial charge in [0.25, 0.3) is 0 Å². The van der Waals surface area contributed by atoms with Gasteiger partial charge >= 0.3 is 0 Å². The van der Waals surface area contributed by atoms with Crippen LogP contribution >= 0.6 is 11.6 Å². The van der Waals surface area contributed by atoms with E-state index in [4.69, 9.17) is 11.6 Å². The van der Waals surface area contributed by atoms with Crippen LogP contribution in [0.25, 0.3) is 0 Å². The lowest BCUT2D eigenvalue weighted by atomic mass is 9.95. The zero-order chi connectivity index (χ0) is 15.2. The molecule has 1 unspecified atom stereocenters. The number of amides is 1. The van der Waals surface area contributed by atoms with Crippen LogP contribution in [-0.2, 0) is 11.3 Å². The van der Waals surface area contributed by atoms with Gasteiger partial charge in [-0.25, -0.2) is 0 Å². The number of nitrogens with one attached hydrogen (secondary N) is 1. The van der Waals surface area contributed by atoms with E-state index in [0.29, 0.717) is 0 Å². The molecule has 3 nitrogen and oxygen atoms in total. The molecule has 4 heteroatoms. The lowest BCUT2D eigenvalue weighted by molar-refractivity contribution is -0.127. The van der Waals surface area contributed by atoms with Gasteiger partial charge in [-0.3, -0.25) is 9.69 Å². The third kappa shape index (κ3) is 4.72. The second kappa shape index (κ2) is 7.81. The molecule has 1 aromatic carbocycles. The van der Waals surface area contributed by atoms with Crippen molar-refractivity contribution in [3.8, 4) is 0 Å². The van der Waals surface area contributed by atoms with Gasteiger partial charge in [0.1, 0.15) is 0 Å². The molecule has 1 heterocycles. The smallest absolute Gasteiger partial charge is 0.223 e. The van der Waals surface area contributed by atoms with Crippen LogP contribution < -0.4 is 5.32 Å². The first kappa shape index (κ1) is 16.3. The zero-order valence-electron chi connectivity index (χ0n) is 12.9. The lowest BCUT2D eigenvalue weighted by Gasteiger charge is -2.32. The molecule has 0 radical (unpaired) electrons. The van der Waals surface area contributed by atoms with Gasteiger partial charge in [0.15, 0.2) is 0 Å². The number of likely N-dealkylation sites (tertiary alicyclic amines) is 1. The van der Waals surface area contributed by atoms with E-state index in [9.17, 15) is 4.79 Å². The highest BCUT2D eigenvalue weighted by Gasteiger charge is 2.25. The maximum atomic E-state index is 12.1. The van der Waals surface area contributed by atoms with Crippen molar-refractivity contribution >= 4 is 17.5 Å². The molecule has 0 spiro atoms. The highest BCUT2D eigenvalue weighted by atomic mass is 35.5. The van der Waals surface area contributed by atoms with E-state index < -0.39 is 0 Å². The second-order valence-corrected chi connectivity index (χ2v) is 6.37. The Hall–Kier alpha value is -1.06. The molecular weight excluding hydrogens is 284 g/mol. The van der Waals surface area contributed by atoms with Crippen molar-refractivity contribution in [3.63, 3.8) is 0 Å². The van der Waals surface area contributed by atoms with Crippen molar-refractivity contribution in [1.82, 2.24) is 10.2 Å². The molecule has 1 aromatic rings. The molecular formula is C17H25ClN2O. The van der Waals surface area contributed by atoms with E-state index >= 15 is 0 Å². The molecule has 1 atom stereocenters. The number of nitrogens with zero attached hydrogens (tertiary/aromatic N) is 1. The molecule has 2 rings (SSSR count). The topological polar surface area (TPSA) is 32.3 Å². The number of hydrogen-bond donors (Lipinski definition) is 1. The number of hydrogen-bond acceptors (Lipinski definition) is 2. The van der Waals surface area contributed by atoms with E-state index in [0.717, 1.165) is 43.9 Å². The van der Waals surface area contributed by atoms with Gasteiger partial charge in [-0.2, -0.15) is 0 Å². The fraction of sp³-hybridized carbons (Fsp3) is 0.588. The van der Waals surface area contributed by atoms with Crippen LogP contribution in [0.1, 0.15) is 38.7 Å². The Balaban J connectivity index is 1.81. The molecule has 1 amide bonds. The van der Waals surface area contributed by atoms with Gasteiger partial charge in [-0.1, -0.05) is 36.7 Å². The fourth-order valence-corrected chi connectivity index (χ4v) is 2.88. The summed E-state index contributed by atoms with van der Waals surface area (Å²) in [7, 11) is 0. The molecule has 0 aromatic heterocycles. The van der Waals surface area contributed by atoms with Crippen LogP contribution in [0.15, 0.2) is 24.3 Å². The molecule has 1 fully saturated rings. The molecule has 1 N–H and O–H groups in total. The minimum atomic E-state index is 0.168. The molecule has 1 aliphatic rings. The Labute approximate surface area is 132 Å². The first-order valence-corrected chi connectivity index (χ1v) is 8.24. The van der Waals surface area contributed by atoms with Crippen molar-refractivity contribution in [3.05, 3.63) is 34.9 Å². The number of benzene rings is 1. The minimum Gasteiger partial charge on any atom is -0.353 e. The molecule has 1 aliphatic heterocycles. The first-order valence-electron chi connectivity index (χ1n) is 7.86. The number of piperidine rings is 1. The molecule has 0 saturated carbocycles. The summed E-state index contributed by atoms with van der Waals surface area (Å²) in [5, 5.41) is 3.92. The monoisotopic (exact) mass is 308 g/mol. The van der Waals surface area contributed by atoms with E-state index in [1.807, 2.05) is 18.2 Å². The van der Waals surface area contributed by atoms with Gasteiger partial charge in [0, 0.05) is 23.5 Å². The van der Waals surface area contributed by atoms with Crippen molar-refractivity contribution in [2.75, 3.05) is 13.1 Å². The number of halogens is 1. The number of rotatable bonds is 5. The Bertz CT molecular complexity index is 470. The van der Waals surface area contributed by atoms with Crippen LogP contribution in [0.4, 0.5) is 0 Å². The first-order chi connectivity index (χ1) is 10.1. The van der Waals surface area contributed by atoms with Crippen molar-refractivity contribution < 1.29 is 4.79 Å². The second-order valence-electron chi connectivity index (χ2n) is 5.96. The Morgan fingerprint density at radius 2 is 2.05 bits per heavy atom. The van der Waals surface area contributed by atoms with Gasteiger partial charge in [-0.05, 0) is 50.9 Å². The largest absolute Gasteiger partial charge is 0.353 e. The quantitative estimate of drug-likeness (QED) is 0.903. The summed E-state index contributed by atoms with van der Waals surface area (Å²) in [6, 6.07) is 8.26. The van der Waals surface area contributed by atoms with E-state index in [1.165, 1.54) is 5.56 Å². The summed E-state index contributed by atoms with van der Waals surface area (Å²) < 4.78 is 0. The SMILES string of the molecule is CCC(C)NC(=O)C1CCN(Cc2ccccc2Cl)CC1. The average molecular weight is 309 g/mol. The lowest BCUT2D eigenvalue weighted by Crippen LogP contribution is -2.42. The number of carbonyl (C=O) groups is 1. The summed E-state index contributed by atoms with van der Waals surface area (Å²) in [6.45, 7) is 6.95. The maximum Gasteiger partial charge on any atom is 0.223 e. The predicted molar refractivity (Wildman–Crippen MR) is 87.3 cm³/mol. The van der Waals surface area contributed by atoms with Crippen molar-refractivity contribution in [1.29, 1.82) is 0 Å². The summed E-state index contributed by atoms with van der Waals surface area (Å²) in [5.74, 6) is 0.392. The third-order valence-corrected chi connectivity index (χ3v) is 4.68. The molecule has 0 bridgehead atoms. The van der Waals surface area contributed by atoms with Crippen LogP contribution in [0.2, 0.25) is 5.02 Å². The van der Waals surface area contributed by atoms with Crippen LogP contribution in [0.3, 0.4) is 0 Å². The predicted octanol–water partition coefficient (Wildman–Crippen LogP) is 3.47. The van der Waals surface area contributed by atoms with E-state index in [1.54, 1.807) is 0 Å². The van der Waals surface area contributed by atoms with Crippen molar-refractivity contribution in [2.45, 2.75) is 45.7 Å². The summed E-state index contributed by atoms with van der Waals surface area (Å²) >= 11 is 6.21. The van der Waals surface area contributed by atoms with E-state index in [2.05, 4.69) is 30.1 Å². The van der Waals surface area contributed by atoms with Gasteiger partial charge in [-0.15, -0.1) is 0 Å². The molecule has 116 valence electrons. The molecule has 1 saturated heterocycles. The van der Waals surface area contributed by atoms with Gasteiger partial charge in [0.05, 0.1) is 0 Å². The Kier molecular flexibility index (Phi) is 6.07. The van der Waals surface area contributed by atoms with Crippen molar-refractivity contribution in [2.24, 2.45) is 5.92 Å². The minimum absolute atomic E-state index is 0.168.